The van der Waals surface area contributed by atoms with Crippen LogP contribution in [0, 0.1) is 6.92 Å². The number of rotatable bonds is 4. The number of hydrogen-bond donors (Lipinski definition) is 1. The van der Waals surface area contributed by atoms with E-state index in [-0.39, 0.29) is 18.8 Å². The van der Waals surface area contributed by atoms with E-state index in [9.17, 15) is 5.11 Å². The second kappa shape index (κ2) is 5.49. The van der Waals surface area contributed by atoms with Gasteiger partial charge in [0.15, 0.2) is 0 Å². The van der Waals surface area contributed by atoms with Gasteiger partial charge in [-0.15, -0.1) is 0 Å². The van der Waals surface area contributed by atoms with Gasteiger partial charge in [0.05, 0.1) is 25.9 Å². The van der Waals surface area contributed by atoms with Gasteiger partial charge in [-0.2, -0.15) is 4.98 Å². The van der Waals surface area contributed by atoms with Gasteiger partial charge in [0.2, 0.25) is 11.8 Å². The van der Waals surface area contributed by atoms with E-state index in [1.54, 1.807) is 20.3 Å². The smallest absolute Gasteiger partial charge is 0.229 e. The summed E-state index contributed by atoms with van der Waals surface area (Å²) in [6.45, 7) is 2.65. The fourth-order valence-electron chi connectivity index (χ4n) is 2.22. The molecule has 0 radical (unpaired) electrons. The number of aromatic nitrogens is 2. The largest absolute Gasteiger partial charge is 0.481 e. The second-order valence-corrected chi connectivity index (χ2v) is 4.43. The van der Waals surface area contributed by atoms with Crippen molar-refractivity contribution in [1.29, 1.82) is 0 Å². The van der Waals surface area contributed by atoms with Gasteiger partial charge in [-0.25, -0.2) is 4.98 Å². The molecule has 6 heteroatoms. The van der Waals surface area contributed by atoms with Crippen molar-refractivity contribution in [3.63, 3.8) is 0 Å². The summed E-state index contributed by atoms with van der Waals surface area (Å²) in [6.07, 6.45) is 0.893. The molecule has 2 heterocycles. The van der Waals surface area contributed by atoms with Gasteiger partial charge in [-0.3, -0.25) is 0 Å². The van der Waals surface area contributed by atoms with E-state index in [1.165, 1.54) is 0 Å². The van der Waals surface area contributed by atoms with Gasteiger partial charge in [0.25, 0.3) is 0 Å². The predicted octanol–water partition coefficient (Wildman–Crippen LogP) is 0.380. The molecule has 1 aromatic heterocycles. The second-order valence-electron chi connectivity index (χ2n) is 4.43. The van der Waals surface area contributed by atoms with Crippen molar-refractivity contribution < 1.29 is 14.6 Å². The van der Waals surface area contributed by atoms with Crippen molar-refractivity contribution in [3.05, 3.63) is 11.8 Å². The summed E-state index contributed by atoms with van der Waals surface area (Å²) < 4.78 is 10.5. The fraction of sp³-hybridized carbons (Fsp3) is 0.667. The molecular weight excluding hydrogens is 234 g/mol. The van der Waals surface area contributed by atoms with Gasteiger partial charge >= 0.3 is 0 Å². The lowest BCUT2D eigenvalue weighted by atomic mass is 10.2. The standard InChI is InChI=1S/C12H19N3O3/c1-8-4-11(18-3)14-12(13-8)15-6-10(17-2)5-9(15)7-16/h4,9-10,16H,5-7H2,1-3H3/t9-,10+/m0/s1. The fourth-order valence-corrected chi connectivity index (χ4v) is 2.22. The number of aliphatic hydroxyl groups is 1. The molecule has 0 spiro atoms. The summed E-state index contributed by atoms with van der Waals surface area (Å²) in [5.74, 6) is 1.13. The Labute approximate surface area is 107 Å². The molecule has 1 saturated heterocycles. The predicted molar refractivity (Wildman–Crippen MR) is 67.0 cm³/mol. The maximum Gasteiger partial charge on any atom is 0.229 e. The number of ether oxygens (including phenoxy) is 2. The molecule has 1 aliphatic rings. The van der Waals surface area contributed by atoms with Crippen LogP contribution in [0.4, 0.5) is 5.95 Å². The summed E-state index contributed by atoms with van der Waals surface area (Å²) in [6, 6.07) is 1.78. The van der Waals surface area contributed by atoms with Crippen molar-refractivity contribution in [2.24, 2.45) is 0 Å². The van der Waals surface area contributed by atoms with Crippen LogP contribution in [0.2, 0.25) is 0 Å². The lowest BCUT2D eigenvalue weighted by molar-refractivity contribution is 0.115. The molecular formula is C12H19N3O3. The highest BCUT2D eigenvalue weighted by Gasteiger charge is 2.33. The maximum absolute atomic E-state index is 9.42. The van der Waals surface area contributed by atoms with Gasteiger partial charge in [-0.1, -0.05) is 0 Å². The first-order chi connectivity index (χ1) is 8.67. The van der Waals surface area contributed by atoms with E-state index >= 15 is 0 Å². The minimum atomic E-state index is 0.00135. The van der Waals surface area contributed by atoms with E-state index < -0.39 is 0 Å². The van der Waals surface area contributed by atoms with Crippen LogP contribution in [0.3, 0.4) is 0 Å². The summed E-state index contributed by atoms with van der Waals surface area (Å²) in [4.78, 5) is 10.7. The minimum absolute atomic E-state index is 0.00135. The van der Waals surface area contributed by atoms with Crippen LogP contribution in [-0.2, 0) is 4.74 Å². The zero-order chi connectivity index (χ0) is 13.1. The van der Waals surface area contributed by atoms with Gasteiger partial charge < -0.3 is 19.5 Å². The molecule has 0 aliphatic carbocycles. The normalized spacial score (nSPS) is 23.4. The zero-order valence-corrected chi connectivity index (χ0v) is 11.0. The summed E-state index contributed by atoms with van der Waals surface area (Å²) in [7, 11) is 3.26. The Morgan fingerprint density at radius 2 is 2.22 bits per heavy atom. The molecule has 18 heavy (non-hydrogen) atoms. The molecule has 1 fully saturated rings. The average molecular weight is 253 g/mol. The molecule has 0 aromatic carbocycles. The third kappa shape index (κ3) is 2.54. The molecule has 0 unspecified atom stereocenters. The zero-order valence-electron chi connectivity index (χ0n) is 11.0. The van der Waals surface area contributed by atoms with E-state index in [1.807, 2.05) is 11.8 Å². The van der Waals surface area contributed by atoms with Crippen LogP contribution in [0.1, 0.15) is 12.1 Å². The van der Waals surface area contributed by atoms with Crippen molar-refractivity contribution in [3.8, 4) is 5.88 Å². The molecule has 0 bridgehead atoms. The van der Waals surface area contributed by atoms with Crippen LogP contribution in [0.15, 0.2) is 6.07 Å². The first-order valence-corrected chi connectivity index (χ1v) is 5.98. The molecule has 2 atom stereocenters. The molecule has 0 amide bonds. The number of hydrogen-bond acceptors (Lipinski definition) is 6. The number of nitrogens with zero attached hydrogens (tertiary/aromatic N) is 3. The lowest BCUT2D eigenvalue weighted by Gasteiger charge is -2.23. The first-order valence-electron chi connectivity index (χ1n) is 5.98. The van der Waals surface area contributed by atoms with Gasteiger partial charge in [0.1, 0.15) is 0 Å². The molecule has 100 valence electrons. The quantitative estimate of drug-likeness (QED) is 0.836. The topological polar surface area (TPSA) is 67.7 Å². The third-order valence-electron chi connectivity index (χ3n) is 3.21. The summed E-state index contributed by atoms with van der Waals surface area (Å²) in [5.41, 5.74) is 0.842. The van der Waals surface area contributed by atoms with Crippen molar-refractivity contribution in [2.45, 2.75) is 25.5 Å². The van der Waals surface area contributed by atoms with Gasteiger partial charge in [-0.05, 0) is 13.3 Å². The Balaban J connectivity index is 2.26. The SMILES string of the molecule is COc1cc(C)nc(N2C[C@H](OC)C[C@H]2CO)n1. The van der Waals surface area contributed by atoms with E-state index in [0.29, 0.717) is 18.4 Å². The summed E-state index contributed by atoms with van der Waals surface area (Å²) >= 11 is 0. The van der Waals surface area contributed by atoms with Crippen molar-refractivity contribution in [2.75, 3.05) is 32.3 Å². The summed E-state index contributed by atoms with van der Waals surface area (Å²) in [5, 5.41) is 9.42. The van der Waals surface area contributed by atoms with Crippen LogP contribution >= 0.6 is 0 Å². The lowest BCUT2D eigenvalue weighted by Crippen LogP contribution is -2.34. The van der Waals surface area contributed by atoms with E-state index in [0.717, 1.165) is 12.1 Å². The highest BCUT2D eigenvalue weighted by atomic mass is 16.5. The molecule has 0 saturated carbocycles. The number of anilines is 1. The minimum Gasteiger partial charge on any atom is -0.481 e. The number of methoxy groups -OCH3 is 2. The van der Waals surface area contributed by atoms with Crippen LogP contribution in [0.25, 0.3) is 0 Å². The highest BCUT2D eigenvalue weighted by Crippen LogP contribution is 2.25. The highest BCUT2D eigenvalue weighted by molar-refractivity contribution is 5.38. The average Bonchev–Trinajstić information content (AvgIpc) is 2.81. The van der Waals surface area contributed by atoms with E-state index in [4.69, 9.17) is 9.47 Å². The molecule has 2 rings (SSSR count). The van der Waals surface area contributed by atoms with Gasteiger partial charge in [0, 0.05) is 25.4 Å². The van der Waals surface area contributed by atoms with Crippen LogP contribution in [-0.4, -0.2) is 54.6 Å². The van der Waals surface area contributed by atoms with Crippen LogP contribution < -0.4 is 9.64 Å². The Morgan fingerprint density at radius 1 is 1.44 bits per heavy atom. The molecule has 1 N–H and O–H groups in total. The van der Waals surface area contributed by atoms with Crippen molar-refractivity contribution >= 4 is 5.95 Å². The Bertz CT molecular complexity index is 414. The number of aryl methyl sites for hydroxylation is 1. The molecule has 1 aliphatic heterocycles. The van der Waals surface area contributed by atoms with E-state index in [2.05, 4.69) is 9.97 Å². The number of aliphatic hydroxyl groups excluding tert-OH is 1. The Hall–Kier alpha value is -1.40. The Kier molecular flexibility index (Phi) is 3.98. The third-order valence-corrected chi connectivity index (χ3v) is 3.21. The molecule has 6 nitrogen and oxygen atoms in total. The monoisotopic (exact) mass is 253 g/mol. The first kappa shape index (κ1) is 13.0. The molecule has 1 aromatic rings. The Morgan fingerprint density at radius 3 is 2.83 bits per heavy atom. The van der Waals surface area contributed by atoms with Crippen molar-refractivity contribution in [1.82, 2.24) is 9.97 Å². The van der Waals surface area contributed by atoms with Crippen LogP contribution in [0.5, 0.6) is 5.88 Å². The maximum atomic E-state index is 9.42.